The van der Waals surface area contributed by atoms with Gasteiger partial charge in [-0.3, -0.25) is 0 Å². The van der Waals surface area contributed by atoms with Crippen LogP contribution >= 0.6 is 22.9 Å². The molecule has 1 aromatic carbocycles. The van der Waals surface area contributed by atoms with Gasteiger partial charge in [0.1, 0.15) is 10.6 Å². The number of carbonyl (C=O) groups is 1. The van der Waals surface area contributed by atoms with Gasteiger partial charge in [0.05, 0.1) is 10.6 Å². The first-order valence-corrected chi connectivity index (χ1v) is 11.2. The second-order valence-corrected chi connectivity index (χ2v) is 9.55. The Morgan fingerprint density at radius 3 is 2.48 bits per heavy atom. The maximum atomic E-state index is 13.0. The van der Waals surface area contributed by atoms with Gasteiger partial charge in [-0.2, -0.15) is 4.98 Å². The topological polar surface area (TPSA) is 80.9 Å². The molecule has 178 valence electrons. The van der Waals surface area contributed by atoms with E-state index in [0.717, 1.165) is 0 Å². The van der Waals surface area contributed by atoms with Gasteiger partial charge in [0, 0.05) is 37.8 Å². The number of fused-ring (bicyclic) bond motifs is 1. The number of amides is 1. The molecule has 3 aromatic rings. The third-order valence-electron chi connectivity index (χ3n) is 4.65. The molecule has 13 heteroatoms. The van der Waals surface area contributed by atoms with Crippen molar-refractivity contribution in [3.05, 3.63) is 22.7 Å². The number of halogens is 4. The minimum Gasteiger partial charge on any atom is -0.444 e. The number of hydrogen-bond acceptors (Lipinski definition) is 8. The molecule has 0 saturated carbocycles. The number of rotatable bonds is 3. The predicted molar refractivity (Wildman–Crippen MR) is 117 cm³/mol. The van der Waals surface area contributed by atoms with Gasteiger partial charge in [-0.15, -0.1) is 24.5 Å². The molecule has 8 nitrogen and oxygen atoms in total. The minimum absolute atomic E-state index is 0.0816. The zero-order chi connectivity index (χ0) is 24.0. The van der Waals surface area contributed by atoms with Crippen LogP contribution in [-0.2, 0) is 4.74 Å². The van der Waals surface area contributed by atoms with Crippen molar-refractivity contribution in [2.24, 2.45) is 0 Å². The van der Waals surface area contributed by atoms with Crippen molar-refractivity contribution in [2.45, 2.75) is 32.7 Å². The fraction of sp³-hybridized carbons (Fsp3) is 0.450. The number of piperazine rings is 1. The Morgan fingerprint density at radius 2 is 1.91 bits per heavy atom. The lowest BCUT2D eigenvalue weighted by atomic mass is 10.2. The number of hydrogen-bond donors (Lipinski definition) is 0. The van der Waals surface area contributed by atoms with Crippen molar-refractivity contribution >= 4 is 46.1 Å². The minimum atomic E-state index is -4.96. The van der Waals surface area contributed by atoms with Crippen molar-refractivity contribution in [3.8, 4) is 16.3 Å². The molecule has 0 spiro atoms. The van der Waals surface area contributed by atoms with Gasteiger partial charge in [0.25, 0.3) is 6.01 Å². The summed E-state index contributed by atoms with van der Waals surface area (Å²) in [7, 11) is 0. The van der Waals surface area contributed by atoms with Crippen molar-refractivity contribution < 1.29 is 31.9 Å². The lowest BCUT2D eigenvalue weighted by Crippen LogP contribution is -2.50. The Bertz CT molecular complexity index is 1150. The van der Waals surface area contributed by atoms with E-state index in [1.54, 1.807) is 42.1 Å². The summed E-state index contributed by atoms with van der Waals surface area (Å²) in [6.07, 6.45) is -3.83. The lowest BCUT2D eigenvalue weighted by molar-refractivity contribution is -0.274. The molecular weight excluding hydrogens is 485 g/mol. The van der Waals surface area contributed by atoms with E-state index in [2.05, 4.69) is 14.7 Å². The van der Waals surface area contributed by atoms with Crippen LogP contribution in [0.4, 0.5) is 24.0 Å². The number of nitrogens with zero attached hydrogens (tertiary/aromatic N) is 4. The van der Waals surface area contributed by atoms with E-state index in [9.17, 15) is 18.0 Å². The molecule has 33 heavy (non-hydrogen) atoms. The molecule has 0 aliphatic carbocycles. The van der Waals surface area contributed by atoms with E-state index < -0.39 is 23.8 Å². The molecule has 2 aromatic heterocycles. The number of benzene rings is 1. The second-order valence-electron chi connectivity index (χ2n) is 8.25. The Balaban J connectivity index is 1.65. The maximum absolute atomic E-state index is 13.0. The molecular formula is C20H20ClF3N4O4S. The lowest BCUT2D eigenvalue weighted by Gasteiger charge is -2.34. The largest absolute Gasteiger partial charge is 0.573 e. The number of alkyl halides is 3. The first-order valence-electron chi connectivity index (χ1n) is 9.93. The molecule has 0 bridgehead atoms. The quantitative estimate of drug-likeness (QED) is 0.462. The second kappa shape index (κ2) is 8.56. The molecule has 4 rings (SSSR count). The van der Waals surface area contributed by atoms with Gasteiger partial charge in [0.15, 0.2) is 16.8 Å². The van der Waals surface area contributed by atoms with E-state index >= 15 is 0 Å². The van der Waals surface area contributed by atoms with Crippen molar-refractivity contribution in [3.63, 3.8) is 0 Å². The monoisotopic (exact) mass is 504 g/mol. The highest BCUT2D eigenvalue weighted by molar-refractivity contribution is 7.13. The van der Waals surface area contributed by atoms with Crippen LogP contribution in [0.2, 0.25) is 5.02 Å². The van der Waals surface area contributed by atoms with Crippen LogP contribution in [0.15, 0.2) is 22.1 Å². The first kappa shape index (κ1) is 23.4. The molecule has 0 radical (unpaired) electrons. The number of oxazole rings is 1. The van der Waals surface area contributed by atoms with Crippen LogP contribution in [0.1, 0.15) is 20.8 Å². The summed E-state index contributed by atoms with van der Waals surface area (Å²) in [5.74, 6) is -0.637. The average molecular weight is 505 g/mol. The molecule has 1 saturated heterocycles. The van der Waals surface area contributed by atoms with Crippen LogP contribution in [0.25, 0.3) is 21.7 Å². The highest BCUT2D eigenvalue weighted by Gasteiger charge is 2.35. The van der Waals surface area contributed by atoms with E-state index in [0.29, 0.717) is 36.8 Å². The van der Waals surface area contributed by atoms with Crippen LogP contribution in [0.5, 0.6) is 5.75 Å². The van der Waals surface area contributed by atoms with E-state index in [1.807, 2.05) is 0 Å². The number of anilines is 1. The normalized spacial score (nSPS) is 15.2. The van der Waals surface area contributed by atoms with E-state index in [4.69, 9.17) is 20.8 Å². The molecule has 0 N–H and O–H groups in total. The van der Waals surface area contributed by atoms with Crippen LogP contribution in [-0.4, -0.2) is 59.1 Å². The van der Waals surface area contributed by atoms with Gasteiger partial charge in [-0.1, -0.05) is 11.6 Å². The highest BCUT2D eigenvalue weighted by Crippen LogP contribution is 2.44. The summed E-state index contributed by atoms with van der Waals surface area (Å²) in [5.41, 5.74) is -0.284. The Labute approximate surface area is 195 Å². The summed E-state index contributed by atoms with van der Waals surface area (Å²) >= 11 is 7.41. The first-order chi connectivity index (χ1) is 15.4. The van der Waals surface area contributed by atoms with Gasteiger partial charge in [0.2, 0.25) is 0 Å². The van der Waals surface area contributed by atoms with Gasteiger partial charge in [-0.25, -0.2) is 9.78 Å². The smallest absolute Gasteiger partial charge is 0.444 e. The van der Waals surface area contributed by atoms with Crippen molar-refractivity contribution in [1.29, 1.82) is 0 Å². The van der Waals surface area contributed by atoms with Crippen LogP contribution < -0.4 is 9.64 Å². The third-order valence-corrected chi connectivity index (χ3v) is 5.73. The third kappa shape index (κ3) is 5.27. The molecule has 1 fully saturated rings. The summed E-state index contributed by atoms with van der Waals surface area (Å²) < 4.78 is 54.5. The number of aromatic nitrogens is 2. The van der Waals surface area contributed by atoms with Gasteiger partial charge < -0.3 is 23.7 Å². The van der Waals surface area contributed by atoms with Crippen molar-refractivity contribution in [1.82, 2.24) is 14.9 Å². The van der Waals surface area contributed by atoms with Crippen LogP contribution in [0.3, 0.4) is 0 Å². The summed E-state index contributed by atoms with van der Waals surface area (Å²) in [6.45, 7) is 6.71. The molecule has 1 amide bonds. The Hall–Kier alpha value is -2.73. The standard InChI is InChI=1S/C20H20ClF3N4O4S/c1-19(2,3)32-18(29)28-7-5-27(6-8-28)17-26-13-14(30-17)11(16-25-4-9-33-16)10-12(21)15(13)31-20(22,23)24/h4,9-10H,5-8H2,1-3H3. The predicted octanol–water partition coefficient (Wildman–Crippen LogP) is 5.56. The molecule has 1 aliphatic rings. The molecule has 0 atom stereocenters. The zero-order valence-corrected chi connectivity index (χ0v) is 19.5. The summed E-state index contributed by atoms with van der Waals surface area (Å²) in [6, 6.07) is 1.42. The Morgan fingerprint density at radius 1 is 1.21 bits per heavy atom. The zero-order valence-electron chi connectivity index (χ0n) is 17.9. The van der Waals surface area contributed by atoms with Crippen molar-refractivity contribution in [2.75, 3.05) is 31.1 Å². The fourth-order valence-corrected chi connectivity index (χ4v) is 4.17. The SMILES string of the molecule is CC(C)(C)OC(=O)N1CCN(c2nc3c(OC(F)(F)F)c(Cl)cc(-c4nccs4)c3o2)CC1. The Kier molecular flexibility index (Phi) is 6.08. The molecule has 3 heterocycles. The van der Waals surface area contributed by atoms with Crippen LogP contribution in [0, 0.1) is 0 Å². The average Bonchev–Trinajstić information content (AvgIpc) is 3.38. The highest BCUT2D eigenvalue weighted by atomic mass is 35.5. The summed E-state index contributed by atoms with van der Waals surface area (Å²) in [5, 5.41) is 1.97. The molecule has 1 aliphatic heterocycles. The molecule has 0 unspecified atom stereocenters. The fourth-order valence-electron chi connectivity index (χ4n) is 3.29. The van der Waals surface area contributed by atoms with Gasteiger partial charge in [-0.05, 0) is 26.8 Å². The number of ether oxygens (including phenoxy) is 2. The maximum Gasteiger partial charge on any atom is 0.573 e. The number of thiazole rings is 1. The summed E-state index contributed by atoms with van der Waals surface area (Å²) in [4.78, 5) is 24.1. The van der Waals surface area contributed by atoms with Gasteiger partial charge >= 0.3 is 12.5 Å². The van der Waals surface area contributed by atoms with E-state index in [1.165, 1.54) is 17.4 Å². The van der Waals surface area contributed by atoms with E-state index in [-0.39, 0.29) is 22.1 Å². The number of carbonyl (C=O) groups excluding carboxylic acids is 1.